The fraction of sp³-hybridized carbons (Fsp3) is 0.600. The van der Waals surface area contributed by atoms with Gasteiger partial charge in [-0.25, -0.2) is 14.4 Å². The van der Waals surface area contributed by atoms with Crippen LogP contribution in [0.3, 0.4) is 0 Å². The third-order valence-electron chi connectivity index (χ3n) is 4.92. The Morgan fingerprint density at radius 3 is 1.94 bits per heavy atom. The second-order valence-corrected chi connectivity index (χ2v) is 9.63. The van der Waals surface area contributed by atoms with Gasteiger partial charge in [-0.3, -0.25) is 4.79 Å². The van der Waals surface area contributed by atoms with Crippen molar-refractivity contribution in [3.05, 3.63) is 34.9 Å². The molecule has 0 aliphatic heterocycles. The van der Waals surface area contributed by atoms with Crippen molar-refractivity contribution >= 4 is 35.6 Å². The molecule has 0 rings (SSSR count). The fourth-order valence-corrected chi connectivity index (χ4v) is 3.91. The fourth-order valence-electron chi connectivity index (χ4n) is 2.91. The number of rotatable bonds is 17. The Morgan fingerprint density at radius 2 is 1.40 bits per heavy atom. The molecule has 35 heavy (non-hydrogen) atoms. The number of carboxylic acids is 2. The van der Waals surface area contributed by atoms with Crippen LogP contribution in [0.4, 0.5) is 4.79 Å². The monoisotopic (exact) mass is 511 g/mol. The van der Waals surface area contributed by atoms with Crippen molar-refractivity contribution in [1.82, 2.24) is 16.0 Å². The number of nitrogens with one attached hydrogen (secondary N) is 3. The van der Waals surface area contributed by atoms with Crippen LogP contribution in [0.2, 0.25) is 0 Å². The summed E-state index contributed by atoms with van der Waals surface area (Å²) in [7, 11) is 0. The molecule has 0 radical (unpaired) electrons. The lowest BCUT2D eigenvalue weighted by Crippen LogP contribution is -2.50. The number of allylic oxidation sites excluding steroid dienone is 5. The highest BCUT2D eigenvalue weighted by atomic mass is 32.2. The lowest BCUT2D eigenvalue weighted by Gasteiger charge is -2.17. The van der Waals surface area contributed by atoms with Crippen molar-refractivity contribution in [3.8, 4) is 0 Å². The van der Waals surface area contributed by atoms with Gasteiger partial charge in [-0.2, -0.15) is 11.8 Å². The van der Waals surface area contributed by atoms with E-state index in [1.165, 1.54) is 28.5 Å². The van der Waals surface area contributed by atoms with E-state index in [1.807, 2.05) is 6.92 Å². The molecular weight excluding hydrogens is 470 g/mol. The summed E-state index contributed by atoms with van der Waals surface area (Å²) in [4.78, 5) is 46.5. The summed E-state index contributed by atoms with van der Waals surface area (Å²) in [5, 5.41) is 25.5. The van der Waals surface area contributed by atoms with Gasteiger partial charge in [0.15, 0.2) is 0 Å². The highest BCUT2D eigenvalue weighted by molar-refractivity contribution is 7.99. The van der Waals surface area contributed by atoms with Gasteiger partial charge in [0.05, 0.1) is 6.42 Å². The minimum atomic E-state index is -1.46. The van der Waals surface area contributed by atoms with Gasteiger partial charge >= 0.3 is 18.0 Å². The number of amides is 3. The first-order valence-corrected chi connectivity index (χ1v) is 12.9. The third kappa shape index (κ3) is 17.4. The zero-order chi connectivity index (χ0) is 26.8. The molecule has 0 heterocycles. The first-order chi connectivity index (χ1) is 16.5. The number of hydrogen-bond acceptors (Lipinski definition) is 5. The van der Waals surface area contributed by atoms with Crippen LogP contribution in [0.1, 0.15) is 66.7 Å². The van der Waals surface area contributed by atoms with Gasteiger partial charge in [0, 0.05) is 18.1 Å². The number of carbonyl (C=O) groups excluding carboxylic acids is 2. The highest BCUT2D eigenvalue weighted by Crippen LogP contribution is 2.13. The molecule has 0 aromatic rings. The van der Waals surface area contributed by atoms with Gasteiger partial charge in [-0.15, -0.1) is 0 Å². The number of carbonyl (C=O) groups is 4. The summed E-state index contributed by atoms with van der Waals surface area (Å²) in [6.07, 6.45) is 9.96. The average molecular weight is 512 g/mol. The van der Waals surface area contributed by atoms with Crippen molar-refractivity contribution in [1.29, 1.82) is 0 Å². The zero-order valence-electron chi connectivity index (χ0n) is 21.5. The standard InChI is InChI=1S/C25H41N3O6S/c1-6-26-25(34)28-20(23(30)31)15-22(29)27-21(24(32)33)16-35-14-13-19(5)12-8-11-18(4)10-7-9-17(2)3/h9,11,13,20-21H,6-8,10,12,14-16H2,1-5H3,(H,27,29)(H,30,31)(H,32,33)(H2,26,28,34)/t20?,21-/m0/s1. The van der Waals surface area contributed by atoms with Crippen LogP contribution in [0.25, 0.3) is 0 Å². The number of carboxylic acid groups (broad SMARTS) is 2. The van der Waals surface area contributed by atoms with E-state index in [9.17, 15) is 29.4 Å². The minimum absolute atomic E-state index is 0.135. The van der Waals surface area contributed by atoms with Crippen LogP contribution in [0, 0.1) is 0 Å². The molecule has 0 bridgehead atoms. The maximum Gasteiger partial charge on any atom is 0.327 e. The normalized spacial score (nSPS) is 13.4. The van der Waals surface area contributed by atoms with Gasteiger partial charge in [-0.05, 0) is 60.3 Å². The van der Waals surface area contributed by atoms with Crippen LogP contribution in [0.5, 0.6) is 0 Å². The Morgan fingerprint density at radius 1 is 0.829 bits per heavy atom. The quantitative estimate of drug-likeness (QED) is 0.147. The van der Waals surface area contributed by atoms with Crippen molar-refractivity contribution in [3.63, 3.8) is 0 Å². The first kappa shape index (κ1) is 32.2. The molecule has 198 valence electrons. The molecule has 5 N–H and O–H groups in total. The van der Waals surface area contributed by atoms with Gasteiger partial charge in [0.2, 0.25) is 5.91 Å². The maximum absolute atomic E-state index is 12.2. The van der Waals surface area contributed by atoms with Crippen molar-refractivity contribution in [2.75, 3.05) is 18.1 Å². The molecule has 3 amide bonds. The van der Waals surface area contributed by atoms with Gasteiger partial charge < -0.3 is 26.2 Å². The van der Waals surface area contributed by atoms with E-state index in [4.69, 9.17) is 0 Å². The predicted octanol–water partition coefficient (Wildman–Crippen LogP) is 3.87. The smallest absolute Gasteiger partial charge is 0.327 e. The predicted molar refractivity (Wildman–Crippen MR) is 141 cm³/mol. The van der Waals surface area contributed by atoms with E-state index in [0.29, 0.717) is 12.3 Å². The Kier molecular flexibility index (Phi) is 17.1. The topological polar surface area (TPSA) is 145 Å². The molecular formula is C25H41N3O6S. The lowest BCUT2D eigenvalue weighted by atomic mass is 10.1. The number of urea groups is 1. The molecule has 0 saturated carbocycles. The van der Waals surface area contributed by atoms with Crippen molar-refractivity contribution in [2.45, 2.75) is 78.8 Å². The average Bonchev–Trinajstić information content (AvgIpc) is 2.75. The second-order valence-electron chi connectivity index (χ2n) is 8.55. The van der Waals surface area contributed by atoms with Gasteiger partial charge in [0.1, 0.15) is 12.1 Å². The summed E-state index contributed by atoms with van der Waals surface area (Å²) < 4.78 is 0. The number of hydrogen-bond donors (Lipinski definition) is 5. The SMILES string of the molecule is CCNC(=O)NC(CC(=O)N[C@@H](CSCC=C(C)CCC=C(C)CCC=C(C)C)C(=O)O)C(=O)O. The van der Waals surface area contributed by atoms with Crippen molar-refractivity contribution < 1.29 is 29.4 Å². The Balaban J connectivity index is 4.53. The van der Waals surface area contributed by atoms with E-state index in [2.05, 4.69) is 54.9 Å². The van der Waals surface area contributed by atoms with Gasteiger partial charge in [0.25, 0.3) is 0 Å². The Hall–Kier alpha value is -2.75. The summed E-state index contributed by atoms with van der Waals surface area (Å²) in [6.45, 7) is 10.3. The molecule has 0 aliphatic rings. The summed E-state index contributed by atoms with van der Waals surface area (Å²) in [6, 6.07) is -3.33. The molecule has 0 aliphatic carbocycles. The largest absolute Gasteiger partial charge is 0.480 e. The molecule has 0 spiro atoms. The molecule has 1 unspecified atom stereocenters. The van der Waals surface area contributed by atoms with E-state index >= 15 is 0 Å². The van der Waals surface area contributed by atoms with Crippen LogP contribution in [-0.4, -0.2) is 64.2 Å². The maximum atomic E-state index is 12.2. The third-order valence-corrected chi connectivity index (χ3v) is 5.89. The lowest BCUT2D eigenvalue weighted by molar-refractivity contribution is -0.142. The summed E-state index contributed by atoms with van der Waals surface area (Å²) >= 11 is 1.37. The number of thioether (sulfide) groups is 1. The molecule has 2 atom stereocenters. The molecule has 0 aromatic heterocycles. The van der Waals surface area contributed by atoms with Crippen LogP contribution in [-0.2, 0) is 14.4 Å². The highest BCUT2D eigenvalue weighted by Gasteiger charge is 2.26. The van der Waals surface area contributed by atoms with E-state index in [1.54, 1.807) is 6.92 Å². The minimum Gasteiger partial charge on any atom is -0.480 e. The van der Waals surface area contributed by atoms with Crippen molar-refractivity contribution in [2.24, 2.45) is 0 Å². The molecule has 9 nitrogen and oxygen atoms in total. The Labute approximate surface area is 212 Å². The molecule has 0 aromatic carbocycles. The van der Waals surface area contributed by atoms with E-state index < -0.39 is 42.4 Å². The van der Waals surface area contributed by atoms with Crippen LogP contribution >= 0.6 is 11.8 Å². The van der Waals surface area contributed by atoms with Crippen LogP contribution in [0.15, 0.2) is 34.9 Å². The van der Waals surface area contributed by atoms with Crippen LogP contribution < -0.4 is 16.0 Å². The molecule has 10 heteroatoms. The first-order valence-electron chi connectivity index (χ1n) is 11.8. The summed E-state index contributed by atoms with van der Waals surface area (Å²) in [5.41, 5.74) is 3.91. The number of aliphatic carboxylic acids is 2. The Bertz CT molecular complexity index is 803. The van der Waals surface area contributed by atoms with E-state index in [-0.39, 0.29) is 5.75 Å². The zero-order valence-corrected chi connectivity index (χ0v) is 22.3. The molecule has 0 saturated heterocycles. The summed E-state index contributed by atoms with van der Waals surface area (Å²) in [5.74, 6) is -2.61. The second kappa shape index (κ2) is 18.6. The van der Waals surface area contributed by atoms with E-state index in [0.717, 1.165) is 25.7 Å². The van der Waals surface area contributed by atoms with Gasteiger partial charge in [-0.1, -0.05) is 34.9 Å². The molecule has 0 fully saturated rings.